The van der Waals surface area contributed by atoms with Gasteiger partial charge in [-0.25, -0.2) is 4.68 Å². The number of H-pyrrole nitrogens is 1. The molecule has 1 saturated carbocycles. The van der Waals surface area contributed by atoms with E-state index < -0.39 is 0 Å². The van der Waals surface area contributed by atoms with Crippen molar-refractivity contribution in [2.75, 3.05) is 13.7 Å². The van der Waals surface area contributed by atoms with Gasteiger partial charge in [0.05, 0.1) is 13.2 Å². The molecule has 1 N–H and O–H groups in total. The average molecular weight is 459 g/mol. The lowest BCUT2D eigenvalue weighted by Crippen LogP contribution is -2.35. The number of ether oxygens (including phenoxy) is 1. The molecular formula is C26H30N6O2. The number of nitrogens with zero attached hydrogens (tertiary/aromatic N) is 5. The van der Waals surface area contributed by atoms with E-state index in [1.54, 1.807) is 7.11 Å². The largest absolute Gasteiger partial charge is 0.497 e. The van der Waals surface area contributed by atoms with Gasteiger partial charge in [-0.15, -0.1) is 5.10 Å². The van der Waals surface area contributed by atoms with Crippen molar-refractivity contribution in [1.29, 1.82) is 0 Å². The maximum absolute atomic E-state index is 13.4. The molecule has 1 atom stereocenters. The lowest BCUT2D eigenvalue weighted by molar-refractivity contribution is 0.210. The highest BCUT2D eigenvalue weighted by atomic mass is 16.5. The zero-order valence-corrected chi connectivity index (χ0v) is 19.6. The molecule has 2 aromatic heterocycles. The van der Waals surface area contributed by atoms with E-state index in [1.165, 1.54) is 18.4 Å². The summed E-state index contributed by atoms with van der Waals surface area (Å²) in [4.78, 5) is 18.8. The lowest BCUT2D eigenvalue weighted by atomic mass is 10.0. The van der Waals surface area contributed by atoms with Crippen molar-refractivity contribution in [3.05, 3.63) is 81.9 Å². The molecule has 0 amide bonds. The van der Waals surface area contributed by atoms with Crippen molar-refractivity contribution in [2.45, 2.75) is 51.2 Å². The van der Waals surface area contributed by atoms with Crippen molar-refractivity contribution in [2.24, 2.45) is 0 Å². The number of tetrazole rings is 1. The number of fused-ring (bicyclic) bond motifs is 1. The highest BCUT2D eigenvalue weighted by Crippen LogP contribution is 2.34. The third kappa shape index (κ3) is 4.33. The summed E-state index contributed by atoms with van der Waals surface area (Å²) >= 11 is 0. The second kappa shape index (κ2) is 9.77. The molecule has 8 nitrogen and oxygen atoms in total. The standard InChI is InChI=1S/C26H30N6O2/c1-3-31(17-18-9-5-4-6-10-18)24(25-28-29-30-32(25)20-11-7-8-12-20)22-16-19-15-21(34-2)13-14-23(19)27-26(22)33/h4-6,9-10,13-16,20,24H,3,7-8,11-12,17H2,1-2H3,(H,27,33). The fourth-order valence-corrected chi connectivity index (χ4v) is 5.02. The first-order valence-corrected chi connectivity index (χ1v) is 11.9. The van der Waals surface area contributed by atoms with Gasteiger partial charge in [0.15, 0.2) is 5.82 Å². The van der Waals surface area contributed by atoms with E-state index in [4.69, 9.17) is 4.74 Å². The molecule has 34 heavy (non-hydrogen) atoms. The maximum Gasteiger partial charge on any atom is 0.253 e. The van der Waals surface area contributed by atoms with Crippen LogP contribution in [0.2, 0.25) is 0 Å². The summed E-state index contributed by atoms with van der Waals surface area (Å²) < 4.78 is 7.38. The van der Waals surface area contributed by atoms with Crippen LogP contribution in [0.25, 0.3) is 10.9 Å². The van der Waals surface area contributed by atoms with Gasteiger partial charge in [0.25, 0.3) is 5.56 Å². The highest BCUT2D eigenvalue weighted by molar-refractivity contribution is 5.80. The molecule has 0 saturated heterocycles. The molecule has 2 heterocycles. The van der Waals surface area contributed by atoms with Gasteiger partial charge in [-0.1, -0.05) is 50.1 Å². The maximum atomic E-state index is 13.4. The van der Waals surface area contributed by atoms with E-state index in [1.807, 2.05) is 47.1 Å². The third-order valence-corrected chi connectivity index (χ3v) is 6.81. The van der Waals surface area contributed by atoms with Crippen LogP contribution in [0.5, 0.6) is 5.75 Å². The predicted molar refractivity (Wildman–Crippen MR) is 131 cm³/mol. The summed E-state index contributed by atoms with van der Waals surface area (Å²) in [6.07, 6.45) is 4.46. The van der Waals surface area contributed by atoms with Crippen LogP contribution >= 0.6 is 0 Å². The fraction of sp³-hybridized carbons (Fsp3) is 0.385. The van der Waals surface area contributed by atoms with Gasteiger partial charge >= 0.3 is 0 Å². The lowest BCUT2D eigenvalue weighted by Gasteiger charge is -2.30. The topological polar surface area (TPSA) is 88.9 Å². The van der Waals surface area contributed by atoms with Gasteiger partial charge in [-0.3, -0.25) is 9.69 Å². The van der Waals surface area contributed by atoms with Crippen LogP contribution in [0, 0.1) is 0 Å². The molecule has 1 fully saturated rings. The second-order valence-corrected chi connectivity index (χ2v) is 8.88. The normalized spacial score (nSPS) is 15.3. The molecular weight excluding hydrogens is 428 g/mol. The van der Waals surface area contributed by atoms with E-state index in [2.05, 4.69) is 44.5 Å². The zero-order chi connectivity index (χ0) is 23.5. The van der Waals surface area contributed by atoms with Crippen LogP contribution in [0.1, 0.15) is 61.6 Å². The molecule has 0 bridgehead atoms. The Morgan fingerprint density at radius 2 is 1.94 bits per heavy atom. The van der Waals surface area contributed by atoms with Crippen molar-refractivity contribution >= 4 is 10.9 Å². The molecule has 176 valence electrons. The van der Waals surface area contributed by atoms with Crippen LogP contribution < -0.4 is 10.3 Å². The minimum atomic E-state index is -0.389. The van der Waals surface area contributed by atoms with Crippen LogP contribution in [0.15, 0.2) is 59.4 Å². The van der Waals surface area contributed by atoms with E-state index in [0.717, 1.165) is 41.9 Å². The second-order valence-electron chi connectivity index (χ2n) is 8.88. The van der Waals surface area contributed by atoms with Gasteiger partial charge < -0.3 is 9.72 Å². The Kier molecular flexibility index (Phi) is 6.40. The van der Waals surface area contributed by atoms with Crippen LogP contribution in [0.3, 0.4) is 0 Å². The molecule has 2 aromatic carbocycles. The molecule has 0 spiro atoms. The van der Waals surface area contributed by atoms with Crippen LogP contribution in [0.4, 0.5) is 0 Å². The Hall–Kier alpha value is -3.52. The molecule has 1 unspecified atom stereocenters. The molecule has 0 radical (unpaired) electrons. The van der Waals surface area contributed by atoms with Gasteiger partial charge in [-0.2, -0.15) is 0 Å². The first-order valence-electron chi connectivity index (χ1n) is 11.9. The highest BCUT2D eigenvalue weighted by Gasteiger charge is 2.32. The molecule has 8 heteroatoms. The zero-order valence-electron chi connectivity index (χ0n) is 19.6. The van der Waals surface area contributed by atoms with Crippen LogP contribution in [-0.2, 0) is 6.54 Å². The van der Waals surface area contributed by atoms with Gasteiger partial charge in [-0.05, 0) is 59.6 Å². The van der Waals surface area contributed by atoms with Gasteiger partial charge in [0.2, 0.25) is 0 Å². The van der Waals surface area contributed by atoms with Crippen molar-refractivity contribution in [3.8, 4) is 5.75 Å². The summed E-state index contributed by atoms with van der Waals surface area (Å²) in [5.74, 6) is 1.46. The first kappa shape index (κ1) is 22.3. The Labute approximate surface area is 198 Å². The molecule has 4 aromatic rings. The van der Waals surface area contributed by atoms with Gasteiger partial charge in [0.1, 0.15) is 11.8 Å². The molecule has 0 aliphatic heterocycles. The van der Waals surface area contributed by atoms with Crippen molar-refractivity contribution < 1.29 is 4.74 Å². The number of nitrogens with one attached hydrogen (secondary N) is 1. The number of pyridine rings is 1. The molecule has 5 rings (SSSR count). The quantitative estimate of drug-likeness (QED) is 0.425. The molecule has 1 aliphatic carbocycles. The number of benzene rings is 2. The molecule has 1 aliphatic rings. The van der Waals surface area contributed by atoms with Gasteiger partial charge in [0, 0.05) is 23.0 Å². The summed E-state index contributed by atoms with van der Waals surface area (Å²) in [6.45, 7) is 3.51. The summed E-state index contributed by atoms with van der Waals surface area (Å²) in [5, 5.41) is 13.8. The van der Waals surface area contributed by atoms with Crippen LogP contribution in [-0.4, -0.2) is 43.7 Å². The Morgan fingerprint density at radius 1 is 1.15 bits per heavy atom. The van der Waals surface area contributed by atoms with E-state index in [9.17, 15) is 4.79 Å². The summed E-state index contributed by atoms with van der Waals surface area (Å²) in [6, 6.07) is 17.8. The third-order valence-electron chi connectivity index (χ3n) is 6.81. The SMILES string of the molecule is CCN(Cc1ccccc1)C(c1cc2cc(OC)ccc2[nH]c1=O)c1nnnn1C1CCCC1. The van der Waals surface area contributed by atoms with E-state index in [-0.39, 0.29) is 17.6 Å². The number of aromatic nitrogens is 5. The van der Waals surface area contributed by atoms with E-state index >= 15 is 0 Å². The predicted octanol–water partition coefficient (Wildman–Crippen LogP) is 4.25. The Bertz CT molecular complexity index is 1310. The number of aromatic amines is 1. The minimum Gasteiger partial charge on any atom is -0.497 e. The first-order chi connectivity index (χ1) is 16.7. The number of methoxy groups -OCH3 is 1. The minimum absolute atomic E-state index is 0.129. The number of rotatable bonds is 8. The summed E-state index contributed by atoms with van der Waals surface area (Å²) in [7, 11) is 1.64. The van der Waals surface area contributed by atoms with Crippen molar-refractivity contribution in [1.82, 2.24) is 30.1 Å². The van der Waals surface area contributed by atoms with E-state index in [0.29, 0.717) is 12.1 Å². The number of hydrogen-bond acceptors (Lipinski definition) is 6. The van der Waals surface area contributed by atoms with Crippen molar-refractivity contribution in [3.63, 3.8) is 0 Å². The summed E-state index contributed by atoms with van der Waals surface area (Å²) in [5.41, 5.74) is 2.45. The average Bonchev–Trinajstić information content (AvgIpc) is 3.56. The number of hydrogen-bond donors (Lipinski definition) is 1. The fourth-order valence-electron chi connectivity index (χ4n) is 5.02. The Morgan fingerprint density at radius 3 is 2.68 bits per heavy atom. The monoisotopic (exact) mass is 458 g/mol. The smallest absolute Gasteiger partial charge is 0.253 e. The Balaban J connectivity index is 1.66.